The number of hydrogen-bond donors (Lipinski definition) is 2. The van der Waals surface area contributed by atoms with E-state index in [9.17, 15) is 9.18 Å². The first-order chi connectivity index (χ1) is 11.9. The van der Waals surface area contributed by atoms with Crippen molar-refractivity contribution in [1.82, 2.24) is 10.2 Å². The van der Waals surface area contributed by atoms with Crippen LogP contribution in [0.25, 0.3) is 0 Å². The minimum absolute atomic E-state index is 0.0401. The third kappa shape index (κ3) is 5.72. The third-order valence-electron chi connectivity index (χ3n) is 3.51. The molecule has 1 unspecified atom stereocenters. The van der Waals surface area contributed by atoms with E-state index in [1.807, 2.05) is 50.4 Å². The van der Waals surface area contributed by atoms with Gasteiger partial charge in [-0.1, -0.05) is 6.07 Å². The Hall–Kier alpha value is -2.12. The van der Waals surface area contributed by atoms with Crippen LogP contribution in [0.4, 0.5) is 14.9 Å². The monoisotopic (exact) mass is 365 g/mol. The van der Waals surface area contributed by atoms with E-state index in [0.717, 1.165) is 4.88 Å². The number of halogens is 1. The number of anilines is 1. The van der Waals surface area contributed by atoms with E-state index in [2.05, 4.69) is 10.6 Å². The second-order valence-electron chi connectivity index (χ2n) is 6.14. The first kappa shape index (κ1) is 19.2. The molecule has 1 heterocycles. The topological polar surface area (TPSA) is 53.6 Å². The van der Waals surface area contributed by atoms with Gasteiger partial charge in [-0.05, 0) is 51.5 Å². The largest absolute Gasteiger partial charge is 0.491 e. The molecule has 0 saturated heterocycles. The molecule has 0 bridgehead atoms. The summed E-state index contributed by atoms with van der Waals surface area (Å²) in [5.41, 5.74) is 0.117. The van der Waals surface area contributed by atoms with Crippen LogP contribution in [0.2, 0.25) is 0 Å². The van der Waals surface area contributed by atoms with Crippen molar-refractivity contribution < 1.29 is 13.9 Å². The van der Waals surface area contributed by atoms with E-state index in [1.54, 1.807) is 17.4 Å². The maximum atomic E-state index is 14.1. The summed E-state index contributed by atoms with van der Waals surface area (Å²) in [6, 6.07) is 8.03. The van der Waals surface area contributed by atoms with Crippen LogP contribution in [0.3, 0.4) is 0 Å². The van der Waals surface area contributed by atoms with Crippen LogP contribution in [0.5, 0.6) is 5.75 Å². The minimum Gasteiger partial charge on any atom is -0.491 e. The van der Waals surface area contributed by atoms with Gasteiger partial charge in [-0.15, -0.1) is 11.3 Å². The molecule has 136 valence electrons. The SMILES string of the molecule is CC(C)Oc1ccc(NC(=O)NCC(c2cccs2)N(C)C)c(F)c1. The van der Waals surface area contributed by atoms with E-state index < -0.39 is 11.8 Å². The van der Waals surface area contributed by atoms with Gasteiger partial charge in [0.05, 0.1) is 17.8 Å². The highest BCUT2D eigenvalue weighted by Crippen LogP contribution is 2.23. The Bertz CT molecular complexity index is 690. The molecule has 0 fully saturated rings. The van der Waals surface area contributed by atoms with Gasteiger partial charge in [0.2, 0.25) is 0 Å². The van der Waals surface area contributed by atoms with Crippen molar-refractivity contribution in [3.05, 3.63) is 46.4 Å². The predicted molar refractivity (Wildman–Crippen MR) is 99.9 cm³/mol. The van der Waals surface area contributed by atoms with Crippen molar-refractivity contribution in [3.63, 3.8) is 0 Å². The number of nitrogens with zero attached hydrogens (tertiary/aromatic N) is 1. The van der Waals surface area contributed by atoms with Crippen LogP contribution >= 0.6 is 11.3 Å². The zero-order valence-electron chi connectivity index (χ0n) is 14.9. The van der Waals surface area contributed by atoms with Crippen LogP contribution in [0, 0.1) is 5.82 Å². The molecule has 1 aromatic carbocycles. The molecular formula is C18H24FN3O2S. The van der Waals surface area contributed by atoms with Crippen molar-refractivity contribution >= 4 is 23.1 Å². The lowest BCUT2D eigenvalue weighted by atomic mass is 10.2. The maximum Gasteiger partial charge on any atom is 0.319 e. The average Bonchev–Trinajstić information content (AvgIpc) is 3.03. The van der Waals surface area contributed by atoms with E-state index in [0.29, 0.717) is 12.3 Å². The Morgan fingerprint density at radius 3 is 2.64 bits per heavy atom. The van der Waals surface area contributed by atoms with Gasteiger partial charge in [-0.3, -0.25) is 0 Å². The first-order valence-corrected chi connectivity index (χ1v) is 8.95. The van der Waals surface area contributed by atoms with Gasteiger partial charge in [0.1, 0.15) is 11.6 Å². The summed E-state index contributed by atoms with van der Waals surface area (Å²) >= 11 is 1.64. The van der Waals surface area contributed by atoms with Crippen molar-refractivity contribution in [2.75, 3.05) is 26.0 Å². The van der Waals surface area contributed by atoms with Gasteiger partial charge in [0.15, 0.2) is 0 Å². The smallest absolute Gasteiger partial charge is 0.319 e. The summed E-state index contributed by atoms with van der Waals surface area (Å²) in [6.45, 7) is 4.16. The van der Waals surface area contributed by atoms with Gasteiger partial charge in [-0.25, -0.2) is 9.18 Å². The molecule has 0 spiro atoms. The second-order valence-corrected chi connectivity index (χ2v) is 7.12. The van der Waals surface area contributed by atoms with Crippen LogP contribution in [0.15, 0.2) is 35.7 Å². The standard InChI is InChI=1S/C18H24FN3O2S/c1-12(2)24-13-7-8-15(14(19)10-13)21-18(23)20-11-16(22(3)4)17-6-5-9-25-17/h5-10,12,16H,11H2,1-4H3,(H2,20,21,23). The molecule has 25 heavy (non-hydrogen) atoms. The molecule has 2 rings (SSSR count). The van der Waals surface area contributed by atoms with Gasteiger partial charge < -0.3 is 20.3 Å². The molecule has 0 aliphatic rings. The Kier molecular flexibility index (Phi) is 6.78. The van der Waals surface area contributed by atoms with Crippen LogP contribution in [-0.4, -0.2) is 37.7 Å². The molecule has 5 nitrogen and oxygen atoms in total. The Labute approximate surface area is 151 Å². The van der Waals surface area contributed by atoms with Crippen molar-refractivity contribution in [2.45, 2.75) is 26.0 Å². The summed E-state index contributed by atoms with van der Waals surface area (Å²) in [4.78, 5) is 15.3. The van der Waals surface area contributed by atoms with Crippen molar-refractivity contribution in [1.29, 1.82) is 0 Å². The van der Waals surface area contributed by atoms with Crippen molar-refractivity contribution in [3.8, 4) is 5.75 Å². The average molecular weight is 365 g/mol. The fraction of sp³-hybridized carbons (Fsp3) is 0.389. The lowest BCUT2D eigenvalue weighted by Crippen LogP contribution is -2.36. The molecule has 2 amide bonds. The fourth-order valence-electron chi connectivity index (χ4n) is 2.32. The minimum atomic E-state index is -0.532. The Morgan fingerprint density at radius 1 is 1.32 bits per heavy atom. The first-order valence-electron chi connectivity index (χ1n) is 8.07. The highest BCUT2D eigenvalue weighted by molar-refractivity contribution is 7.10. The number of carbonyl (C=O) groups excluding carboxylic acids is 1. The van der Waals surface area contributed by atoms with E-state index in [-0.39, 0.29) is 17.8 Å². The van der Waals surface area contributed by atoms with Gasteiger partial charge in [0.25, 0.3) is 0 Å². The maximum absolute atomic E-state index is 14.1. The van der Waals surface area contributed by atoms with E-state index in [1.165, 1.54) is 12.1 Å². The summed E-state index contributed by atoms with van der Waals surface area (Å²) < 4.78 is 19.5. The van der Waals surface area contributed by atoms with E-state index >= 15 is 0 Å². The number of hydrogen-bond acceptors (Lipinski definition) is 4. The number of nitrogens with one attached hydrogen (secondary N) is 2. The summed E-state index contributed by atoms with van der Waals surface area (Å²) in [7, 11) is 3.91. The lowest BCUT2D eigenvalue weighted by molar-refractivity contribution is 0.240. The number of benzene rings is 1. The normalized spacial score (nSPS) is 12.3. The zero-order chi connectivity index (χ0) is 18.4. The molecule has 0 aliphatic carbocycles. The van der Waals surface area contributed by atoms with Crippen molar-refractivity contribution in [2.24, 2.45) is 0 Å². The molecule has 2 aromatic rings. The Morgan fingerprint density at radius 2 is 2.08 bits per heavy atom. The summed E-state index contributed by atoms with van der Waals surface area (Å²) in [5.74, 6) is -0.0976. The van der Waals surface area contributed by atoms with Gasteiger partial charge in [0, 0.05) is 17.5 Å². The number of carbonyl (C=O) groups is 1. The number of likely N-dealkylation sites (N-methyl/N-ethyl adjacent to an activating group) is 1. The Balaban J connectivity index is 1.93. The summed E-state index contributed by atoms with van der Waals surface area (Å²) in [5, 5.41) is 7.33. The quantitative estimate of drug-likeness (QED) is 0.777. The lowest BCUT2D eigenvalue weighted by Gasteiger charge is -2.23. The second kappa shape index (κ2) is 8.82. The number of amides is 2. The molecule has 1 atom stereocenters. The van der Waals surface area contributed by atoms with Gasteiger partial charge in [-0.2, -0.15) is 0 Å². The third-order valence-corrected chi connectivity index (χ3v) is 4.49. The molecular weight excluding hydrogens is 341 g/mol. The number of thiophene rings is 1. The van der Waals surface area contributed by atoms with Crippen LogP contribution in [0.1, 0.15) is 24.8 Å². The highest BCUT2D eigenvalue weighted by Gasteiger charge is 2.16. The molecule has 1 aromatic heterocycles. The highest BCUT2D eigenvalue weighted by atomic mass is 32.1. The molecule has 0 aliphatic heterocycles. The zero-order valence-corrected chi connectivity index (χ0v) is 15.7. The fourth-order valence-corrected chi connectivity index (χ4v) is 3.24. The number of rotatable bonds is 7. The molecule has 0 saturated carbocycles. The van der Waals surface area contributed by atoms with Crippen LogP contribution < -0.4 is 15.4 Å². The molecule has 2 N–H and O–H groups in total. The molecule has 0 radical (unpaired) electrons. The number of urea groups is 1. The van der Waals surface area contributed by atoms with Crippen LogP contribution in [-0.2, 0) is 0 Å². The predicted octanol–water partition coefficient (Wildman–Crippen LogP) is 4.10. The van der Waals surface area contributed by atoms with Gasteiger partial charge >= 0.3 is 6.03 Å². The van der Waals surface area contributed by atoms with E-state index in [4.69, 9.17) is 4.74 Å². The molecule has 7 heteroatoms. The summed E-state index contributed by atoms with van der Waals surface area (Å²) in [6.07, 6.45) is -0.0401. The number of ether oxygens (including phenoxy) is 1.